The van der Waals surface area contributed by atoms with Crippen LogP contribution in [0.2, 0.25) is 0 Å². The molecule has 4 nitrogen and oxygen atoms in total. The van der Waals surface area contributed by atoms with Crippen molar-refractivity contribution in [3.05, 3.63) is 35.9 Å². The first-order chi connectivity index (χ1) is 8.97. The van der Waals surface area contributed by atoms with Crippen LogP contribution in [0.5, 0.6) is 0 Å². The van der Waals surface area contributed by atoms with Crippen LogP contribution in [0.3, 0.4) is 0 Å². The van der Waals surface area contributed by atoms with Crippen molar-refractivity contribution in [1.82, 2.24) is 18.9 Å². The fourth-order valence-electron chi connectivity index (χ4n) is 1.81. The van der Waals surface area contributed by atoms with Crippen molar-refractivity contribution in [2.75, 3.05) is 0 Å². The Labute approximate surface area is 109 Å². The maximum absolute atomic E-state index is 12.5. The van der Waals surface area contributed by atoms with Crippen molar-refractivity contribution >= 4 is 22.6 Å². The van der Waals surface area contributed by atoms with Crippen molar-refractivity contribution in [3.8, 4) is 5.13 Å². The van der Waals surface area contributed by atoms with Gasteiger partial charge in [-0.15, -0.1) is 0 Å². The molecule has 0 unspecified atom stereocenters. The molecule has 0 fully saturated rings. The summed E-state index contributed by atoms with van der Waals surface area (Å²) < 4.78 is 42.5. The van der Waals surface area contributed by atoms with Gasteiger partial charge in [0.05, 0.1) is 11.0 Å². The summed E-state index contributed by atoms with van der Waals surface area (Å²) in [5, 5.41) is 0.165. The van der Waals surface area contributed by atoms with E-state index in [1.165, 1.54) is 0 Å². The Morgan fingerprint density at radius 3 is 2.58 bits per heavy atom. The van der Waals surface area contributed by atoms with E-state index in [0.29, 0.717) is 28.4 Å². The van der Waals surface area contributed by atoms with Gasteiger partial charge in [-0.1, -0.05) is 12.1 Å². The second-order valence-corrected chi connectivity index (χ2v) is 4.61. The Morgan fingerprint density at radius 2 is 1.89 bits per heavy atom. The van der Waals surface area contributed by atoms with Crippen LogP contribution in [-0.4, -0.2) is 18.9 Å². The number of halogens is 3. The molecule has 98 valence electrons. The molecule has 2 aromatic heterocycles. The number of alkyl halides is 3. The fourth-order valence-corrected chi connectivity index (χ4v) is 2.56. The molecule has 0 aliphatic rings. The summed E-state index contributed by atoms with van der Waals surface area (Å²) in [4.78, 5) is 7.82. The number of fused-ring (bicyclic) bond motifs is 1. The van der Waals surface area contributed by atoms with Crippen molar-refractivity contribution in [2.45, 2.75) is 13.1 Å². The monoisotopic (exact) mass is 284 g/mol. The molecule has 19 heavy (non-hydrogen) atoms. The Hall–Kier alpha value is -1.96. The number of aromatic nitrogens is 4. The van der Waals surface area contributed by atoms with Gasteiger partial charge in [-0.2, -0.15) is 22.5 Å². The third kappa shape index (κ3) is 1.97. The van der Waals surface area contributed by atoms with Gasteiger partial charge in [0.2, 0.25) is 11.0 Å². The molecule has 0 saturated heterocycles. The molecule has 3 rings (SSSR count). The highest BCUT2D eigenvalue weighted by molar-refractivity contribution is 7.08. The van der Waals surface area contributed by atoms with Crippen LogP contribution in [0.4, 0.5) is 13.2 Å². The highest BCUT2D eigenvalue weighted by Gasteiger charge is 2.36. The lowest BCUT2D eigenvalue weighted by Crippen LogP contribution is -2.07. The van der Waals surface area contributed by atoms with Crippen molar-refractivity contribution < 1.29 is 13.2 Å². The summed E-state index contributed by atoms with van der Waals surface area (Å²) in [6.07, 6.45) is -4.53. The van der Waals surface area contributed by atoms with Crippen LogP contribution >= 0.6 is 11.5 Å². The molecule has 0 aliphatic heterocycles. The summed E-state index contributed by atoms with van der Waals surface area (Å²) in [5.74, 6) is -0.546. The van der Waals surface area contributed by atoms with Crippen LogP contribution in [0, 0.1) is 6.92 Å². The van der Waals surface area contributed by atoms with Gasteiger partial charge in [-0.3, -0.25) is 4.57 Å². The average molecular weight is 284 g/mol. The summed E-state index contributed by atoms with van der Waals surface area (Å²) >= 11 is 0.705. The Bertz CT molecular complexity index is 744. The number of hydrogen-bond acceptors (Lipinski definition) is 4. The minimum atomic E-state index is -4.53. The molecule has 1 aromatic carbocycles. The first-order valence-corrected chi connectivity index (χ1v) is 6.09. The first kappa shape index (κ1) is 12.1. The van der Waals surface area contributed by atoms with E-state index in [0.717, 1.165) is 0 Å². The van der Waals surface area contributed by atoms with E-state index in [2.05, 4.69) is 14.3 Å². The second kappa shape index (κ2) is 4.02. The molecule has 2 heterocycles. The number of aryl methyl sites for hydroxylation is 1. The van der Waals surface area contributed by atoms with Crippen molar-refractivity contribution in [1.29, 1.82) is 0 Å². The zero-order chi connectivity index (χ0) is 13.6. The number of hydrogen-bond donors (Lipinski definition) is 0. The highest BCUT2D eigenvalue weighted by Crippen LogP contribution is 2.30. The normalized spacial score (nSPS) is 12.2. The number of nitrogens with zero attached hydrogens (tertiary/aromatic N) is 4. The number of para-hydroxylation sites is 2. The van der Waals surface area contributed by atoms with E-state index in [1.54, 1.807) is 29.7 Å². The minimum absolute atomic E-state index is 0.165. The first-order valence-electron chi connectivity index (χ1n) is 5.32. The van der Waals surface area contributed by atoms with E-state index >= 15 is 0 Å². The van der Waals surface area contributed by atoms with Crippen LogP contribution in [0.25, 0.3) is 16.2 Å². The van der Waals surface area contributed by atoms with E-state index < -0.39 is 12.0 Å². The molecule has 3 aromatic rings. The Kier molecular flexibility index (Phi) is 2.56. The van der Waals surface area contributed by atoms with Crippen molar-refractivity contribution in [3.63, 3.8) is 0 Å². The number of imidazole rings is 1. The van der Waals surface area contributed by atoms with E-state index in [9.17, 15) is 13.2 Å². The molecule has 0 N–H and O–H groups in total. The average Bonchev–Trinajstić information content (AvgIpc) is 2.90. The lowest BCUT2D eigenvalue weighted by molar-refractivity contribution is -0.144. The van der Waals surface area contributed by atoms with Gasteiger partial charge in [-0.05, 0) is 19.1 Å². The lowest BCUT2D eigenvalue weighted by atomic mass is 10.3. The van der Waals surface area contributed by atoms with Crippen LogP contribution in [0.1, 0.15) is 11.6 Å². The summed E-state index contributed by atoms with van der Waals surface area (Å²) in [5.41, 5.74) is 1.42. The van der Waals surface area contributed by atoms with Gasteiger partial charge in [0.1, 0.15) is 5.82 Å². The van der Waals surface area contributed by atoms with Gasteiger partial charge in [0, 0.05) is 11.5 Å². The van der Waals surface area contributed by atoms with E-state index in [1.807, 2.05) is 6.07 Å². The maximum atomic E-state index is 12.5. The van der Waals surface area contributed by atoms with Crippen LogP contribution < -0.4 is 0 Å². The van der Waals surface area contributed by atoms with Gasteiger partial charge in [0.15, 0.2) is 0 Å². The van der Waals surface area contributed by atoms with Crippen LogP contribution in [-0.2, 0) is 6.18 Å². The molecule has 0 saturated carbocycles. The largest absolute Gasteiger partial charge is 0.452 e. The molecular weight excluding hydrogens is 277 g/mol. The van der Waals surface area contributed by atoms with Gasteiger partial charge >= 0.3 is 6.18 Å². The molecule has 0 bridgehead atoms. The Balaban J connectivity index is 2.19. The topological polar surface area (TPSA) is 43.6 Å². The third-order valence-electron chi connectivity index (χ3n) is 2.59. The van der Waals surface area contributed by atoms with Gasteiger partial charge in [0.25, 0.3) is 0 Å². The van der Waals surface area contributed by atoms with E-state index in [-0.39, 0.29) is 5.13 Å². The third-order valence-corrected chi connectivity index (χ3v) is 3.29. The highest BCUT2D eigenvalue weighted by atomic mass is 32.1. The molecule has 8 heteroatoms. The van der Waals surface area contributed by atoms with Crippen molar-refractivity contribution in [2.24, 2.45) is 0 Å². The molecule has 0 amide bonds. The standard InChI is InChI=1S/C11H7F3N4S/c1-6-15-7-4-2-3-5-8(7)18(6)10-16-9(17-19-10)11(12,13)14/h2-5H,1H3. The lowest BCUT2D eigenvalue weighted by Gasteiger charge is -2.01. The predicted octanol–water partition coefficient (Wildman–Crippen LogP) is 3.20. The van der Waals surface area contributed by atoms with E-state index in [4.69, 9.17) is 0 Å². The zero-order valence-electron chi connectivity index (χ0n) is 9.64. The Morgan fingerprint density at radius 1 is 1.16 bits per heavy atom. The van der Waals surface area contributed by atoms with Gasteiger partial charge in [-0.25, -0.2) is 4.98 Å². The molecule has 0 radical (unpaired) electrons. The minimum Gasteiger partial charge on any atom is -0.271 e. The zero-order valence-corrected chi connectivity index (χ0v) is 10.5. The summed E-state index contributed by atoms with van der Waals surface area (Å²) in [7, 11) is 0. The summed E-state index contributed by atoms with van der Waals surface area (Å²) in [6, 6.07) is 7.19. The van der Waals surface area contributed by atoms with Crippen LogP contribution in [0.15, 0.2) is 24.3 Å². The molecule has 0 atom stereocenters. The number of benzene rings is 1. The predicted molar refractivity (Wildman–Crippen MR) is 64.3 cm³/mol. The van der Waals surface area contributed by atoms with Gasteiger partial charge < -0.3 is 0 Å². The molecule has 0 aliphatic carbocycles. The fraction of sp³-hybridized carbons (Fsp3) is 0.182. The number of rotatable bonds is 1. The second-order valence-electron chi connectivity index (χ2n) is 3.88. The summed E-state index contributed by atoms with van der Waals surface area (Å²) in [6.45, 7) is 1.72. The quantitative estimate of drug-likeness (QED) is 0.689. The SMILES string of the molecule is Cc1nc2ccccc2n1-c1nc(C(F)(F)F)ns1. The molecule has 0 spiro atoms. The smallest absolute Gasteiger partial charge is 0.271 e. The molecular formula is C11H7F3N4S. The maximum Gasteiger partial charge on any atom is 0.452 e.